The molecule has 3 aromatic rings. The lowest BCUT2D eigenvalue weighted by molar-refractivity contribution is -0.384. The van der Waals surface area contributed by atoms with Crippen LogP contribution in [0.25, 0.3) is 11.0 Å². The maximum Gasteiger partial charge on any atom is 0.270 e. The van der Waals surface area contributed by atoms with E-state index in [1.807, 2.05) is 0 Å². The van der Waals surface area contributed by atoms with Gasteiger partial charge in [-0.3, -0.25) is 30.6 Å². The molecule has 2 aromatic carbocycles. The maximum absolute atomic E-state index is 12.0. The maximum atomic E-state index is 12.0. The molecule has 9 nitrogen and oxygen atoms in total. The molecule has 0 spiro atoms. The van der Waals surface area contributed by atoms with Gasteiger partial charge in [0.15, 0.2) is 5.16 Å². The summed E-state index contributed by atoms with van der Waals surface area (Å²) in [5.74, 6) is -1.12. The number of thioether (sulfide) groups is 1. The smallest absolute Gasteiger partial charge is 0.270 e. The summed E-state index contributed by atoms with van der Waals surface area (Å²) in [6.45, 7) is 0. The van der Waals surface area contributed by atoms with Crippen LogP contribution in [0.2, 0.25) is 5.02 Å². The molecule has 0 aliphatic carbocycles. The second-order valence-electron chi connectivity index (χ2n) is 5.30. The summed E-state index contributed by atoms with van der Waals surface area (Å²) < 4.78 is 0. The van der Waals surface area contributed by atoms with Crippen molar-refractivity contribution in [3.05, 3.63) is 63.2 Å². The Morgan fingerprint density at radius 1 is 1.22 bits per heavy atom. The van der Waals surface area contributed by atoms with Crippen molar-refractivity contribution < 1.29 is 14.5 Å². The number of nitrogens with zero attached hydrogens (tertiary/aromatic N) is 2. The van der Waals surface area contributed by atoms with E-state index in [9.17, 15) is 19.7 Å². The lowest BCUT2D eigenvalue weighted by atomic mass is 10.2. The third-order valence-electron chi connectivity index (χ3n) is 3.40. The topological polar surface area (TPSA) is 130 Å². The fourth-order valence-corrected chi connectivity index (χ4v) is 3.01. The minimum absolute atomic E-state index is 0.00275. The Balaban J connectivity index is 1.52. The van der Waals surface area contributed by atoms with Crippen molar-refractivity contribution in [3.63, 3.8) is 0 Å². The highest BCUT2D eigenvalue weighted by Gasteiger charge is 2.13. The second-order valence-corrected chi connectivity index (χ2v) is 6.70. The van der Waals surface area contributed by atoms with Crippen LogP contribution in [0.1, 0.15) is 10.4 Å². The van der Waals surface area contributed by atoms with Crippen molar-refractivity contribution in [3.8, 4) is 0 Å². The minimum atomic E-state index is -0.657. The molecule has 3 N–H and O–H groups in total. The summed E-state index contributed by atoms with van der Waals surface area (Å²) in [5, 5.41) is 11.8. The third kappa shape index (κ3) is 4.74. The average molecular weight is 406 g/mol. The number of benzene rings is 2. The first kappa shape index (κ1) is 18.7. The van der Waals surface area contributed by atoms with Crippen LogP contribution in [0, 0.1) is 10.1 Å². The molecule has 0 fully saturated rings. The molecule has 0 radical (unpaired) electrons. The van der Waals surface area contributed by atoms with Crippen molar-refractivity contribution in [2.24, 2.45) is 0 Å². The van der Waals surface area contributed by atoms with Crippen molar-refractivity contribution in [2.75, 3.05) is 5.75 Å². The number of amides is 2. The molecule has 1 heterocycles. The fourth-order valence-electron chi connectivity index (χ4n) is 2.16. The molecule has 27 heavy (non-hydrogen) atoms. The van der Waals surface area contributed by atoms with Crippen LogP contribution in [-0.2, 0) is 4.79 Å². The molecule has 0 bridgehead atoms. The summed E-state index contributed by atoms with van der Waals surface area (Å²) in [6.07, 6.45) is 0. The quantitative estimate of drug-likeness (QED) is 0.340. The van der Waals surface area contributed by atoms with Crippen LogP contribution < -0.4 is 10.9 Å². The lowest BCUT2D eigenvalue weighted by Crippen LogP contribution is -2.42. The van der Waals surface area contributed by atoms with Gasteiger partial charge in [0.2, 0.25) is 5.91 Å². The Bertz CT molecular complexity index is 1040. The average Bonchev–Trinajstić information content (AvgIpc) is 3.06. The van der Waals surface area contributed by atoms with Gasteiger partial charge >= 0.3 is 0 Å². The number of rotatable bonds is 5. The third-order valence-corrected chi connectivity index (χ3v) is 4.51. The number of nitro groups is 1. The molecule has 11 heteroatoms. The number of carbonyl (C=O) groups excluding carboxylic acids is 2. The number of nitro benzene ring substituents is 1. The predicted molar refractivity (Wildman–Crippen MR) is 101 cm³/mol. The van der Waals surface area contributed by atoms with Gasteiger partial charge in [0, 0.05) is 22.7 Å². The van der Waals surface area contributed by atoms with Crippen LogP contribution >= 0.6 is 23.4 Å². The van der Waals surface area contributed by atoms with E-state index in [4.69, 9.17) is 11.6 Å². The molecule has 0 saturated heterocycles. The number of halogens is 1. The van der Waals surface area contributed by atoms with Gasteiger partial charge in [0.25, 0.3) is 11.6 Å². The number of aromatic amines is 1. The van der Waals surface area contributed by atoms with Crippen molar-refractivity contribution >= 4 is 51.9 Å². The van der Waals surface area contributed by atoms with E-state index in [-0.39, 0.29) is 17.0 Å². The fraction of sp³-hybridized carbons (Fsp3) is 0.0625. The number of imidazole rings is 1. The summed E-state index contributed by atoms with van der Waals surface area (Å²) >= 11 is 7.06. The van der Waals surface area contributed by atoms with E-state index in [1.165, 1.54) is 18.2 Å². The van der Waals surface area contributed by atoms with Crippen molar-refractivity contribution in [1.82, 2.24) is 20.8 Å². The van der Waals surface area contributed by atoms with Gasteiger partial charge in [-0.2, -0.15) is 0 Å². The highest BCUT2D eigenvalue weighted by Crippen LogP contribution is 2.22. The van der Waals surface area contributed by atoms with E-state index in [0.29, 0.717) is 10.2 Å². The van der Waals surface area contributed by atoms with Gasteiger partial charge in [0.05, 0.1) is 21.7 Å². The molecule has 0 saturated carbocycles. The molecular formula is C16H12ClN5O4S. The number of aromatic nitrogens is 2. The highest BCUT2D eigenvalue weighted by molar-refractivity contribution is 7.99. The largest absolute Gasteiger partial charge is 0.333 e. The molecule has 0 unspecified atom stereocenters. The number of nitrogens with one attached hydrogen (secondary N) is 3. The van der Waals surface area contributed by atoms with Gasteiger partial charge in [-0.1, -0.05) is 29.4 Å². The normalized spacial score (nSPS) is 10.6. The van der Waals surface area contributed by atoms with E-state index in [2.05, 4.69) is 20.8 Å². The summed E-state index contributed by atoms with van der Waals surface area (Å²) in [5.41, 5.74) is 5.79. The second kappa shape index (κ2) is 8.06. The molecule has 138 valence electrons. The number of hydrogen-bond acceptors (Lipinski definition) is 6. The lowest BCUT2D eigenvalue weighted by Gasteiger charge is -2.06. The molecule has 0 atom stereocenters. The first-order chi connectivity index (χ1) is 12.9. The number of hydrogen-bond donors (Lipinski definition) is 3. The van der Waals surface area contributed by atoms with Gasteiger partial charge in [-0.25, -0.2) is 4.98 Å². The van der Waals surface area contributed by atoms with E-state index < -0.39 is 16.7 Å². The number of carbonyl (C=O) groups is 2. The summed E-state index contributed by atoms with van der Waals surface area (Å²) in [6, 6.07) is 10.4. The summed E-state index contributed by atoms with van der Waals surface area (Å²) in [4.78, 5) is 41.3. The zero-order valence-corrected chi connectivity index (χ0v) is 15.1. The van der Waals surface area contributed by atoms with Gasteiger partial charge in [-0.05, 0) is 24.3 Å². The Hall–Kier alpha value is -3.11. The zero-order chi connectivity index (χ0) is 19.4. The van der Waals surface area contributed by atoms with E-state index >= 15 is 0 Å². The standard InChI is InChI=1S/C16H12ClN5O4S/c17-10-4-5-12-13(7-10)19-16(18-12)27-8-14(23)20-21-15(24)9-2-1-3-11(6-9)22(25)26/h1-7H,8H2,(H,18,19)(H,20,23)(H,21,24). The van der Waals surface area contributed by atoms with E-state index in [1.54, 1.807) is 18.2 Å². The first-order valence-electron chi connectivity index (χ1n) is 7.54. The van der Waals surface area contributed by atoms with Crippen LogP contribution in [-0.4, -0.2) is 32.5 Å². The highest BCUT2D eigenvalue weighted by atomic mass is 35.5. The number of fused-ring (bicyclic) bond motifs is 1. The summed E-state index contributed by atoms with van der Waals surface area (Å²) in [7, 11) is 0. The number of non-ortho nitro benzene ring substituents is 1. The Labute approximate surface area is 161 Å². The Kier molecular flexibility index (Phi) is 5.57. The van der Waals surface area contributed by atoms with Gasteiger partial charge in [-0.15, -0.1) is 0 Å². The minimum Gasteiger partial charge on any atom is -0.333 e. The molecular weight excluding hydrogens is 394 g/mol. The predicted octanol–water partition coefficient (Wildman–Crippen LogP) is 2.68. The van der Waals surface area contributed by atoms with Crippen LogP contribution in [0.3, 0.4) is 0 Å². The zero-order valence-electron chi connectivity index (χ0n) is 13.6. The van der Waals surface area contributed by atoms with Gasteiger partial charge in [0.1, 0.15) is 0 Å². The Morgan fingerprint density at radius 2 is 2.04 bits per heavy atom. The van der Waals surface area contributed by atoms with Crippen LogP contribution in [0.4, 0.5) is 5.69 Å². The monoisotopic (exact) mass is 405 g/mol. The first-order valence-corrected chi connectivity index (χ1v) is 8.90. The van der Waals surface area contributed by atoms with Gasteiger partial charge < -0.3 is 4.98 Å². The molecule has 3 rings (SSSR count). The number of H-pyrrole nitrogens is 1. The SMILES string of the molecule is O=C(CSc1nc2ccc(Cl)cc2[nH]1)NNC(=O)c1cccc([N+](=O)[O-])c1. The Morgan fingerprint density at radius 3 is 2.81 bits per heavy atom. The van der Waals surface area contributed by atoms with Crippen molar-refractivity contribution in [2.45, 2.75) is 5.16 Å². The molecule has 1 aromatic heterocycles. The van der Waals surface area contributed by atoms with Crippen LogP contribution in [0.5, 0.6) is 0 Å². The van der Waals surface area contributed by atoms with Crippen molar-refractivity contribution in [1.29, 1.82) is 0 Å². The molecule has 2 amide bonds. The number of hydrazine groups is 1. The molecule has 0 aliphatic heterocycles. The molecule has 0 aliphatic rings. The van der Waals surface area contributed by atoms with Crippen LogP contribution in [0.15, 0.2) is 47.6 Å². The van der Waals surface area contributed by atoms with E-state index in [0.717, 1.165) is 28.9 Å².